The van der Waals surface area contributed by atoms with E-state index in [1.165, 1.54) is 13.0 Å². The van der Waals surface area contributed by atoms with Crippen LogP contribution in [0.15, 0.2) is 30.9 Å². The Morgan fingerprint density at radius 1 is 1.28 bits per heavy atom. The first-order chi connectivity index (χ1) is 11.8. The molecule has 1 aromatic carbocycles. The molecule has 3 amide bonds. The quantitative estimate of drug-likeness (QED) is 0.456. The Hall–Kier alpha value is -2.96. The molecule has 0 spiro atoms. The molecule has 1 aliphatic rings. The lowest BCUT2D eigenvalue weighted by molar-refractivity contribution is -0.154. The summed E-state index contributed by atoms with van der Waals surface area (Å²) < 4.78 is 5.00. The van der Waals surface area contributed by atoms with E-state index in [1.807, 2.05) is 6.92 Å². The minimum atomic E-state index is -0.961. The van der Waals surface area contributed by atoms with Gasteiger partial charge >= 0.3 is 5.97 Å². The standard InChI is InChI=1S/C18H20N2O5/c1-4-8-19-16(22)12(3)25-15(21)7-9-20-17(23)13-6-5-11(2)10-14(13)18(20)24/h4-6,10,12H,1,7-9H2,2-3H3,(H,19,22). The van der Waals surface area contributed by atoms with Gasteiger partial charge in [-0.25, -0.2) is 0 Å². The van der Waals surface area contributed by atoms with Gasteiger partial charge in [-0.2, -0.15) is 0 Å². The van der Waals surface area contributed by atoms with Crippen molar-refractivity contribution in [2.75, 3.05) is 13.1 Å². The number of carbonyl (C=O) groups excluding carboxylic acids is 4. The van der Waals surface area contributed by atoms with E-state index in [-0.39, 0.29) is 19.5 Å². The summed E-state index contributed by atoms with van der Waals surface area (Å²) >= 11 is 0. The molecule has 0 fully saturated rings. The molecule has 0 radical (unpaired) electrons. The highest BCUT2D eigenvalue weighted by Crippen LogP contribution is 2.24. The molecule has 1 N–H and O–H groups in total. The van der Waals surface area contributed by atoms with Crippen LogP contribution in [0.1, 0.15) is 39.6 Å². The third kappa shape index (κ3) is 4.12. The average Bonchev–Trinajstić information content (AvgIpc) is 2.81. The minimum absolute atomic E-state index is 0.0920. The molecule has 1 atom stereocenters. The van der Waals surface area contributed by atoms with Gasteiger partial charge in [-0.05, 0) is 26.0 Å². The van der Waals surface area contributed by atoms with Gasteiger partial charge in [0.1, 0.15) is 0 Å². The van der Waals surface area contributed by atoms with Crippen molar-refractivity contribution in [1.82, 2.24) is 10.2 Å². The third-order valence-electron chi connectivity index (χ3n) is 3.76. The van der Waals surface area contributed by atoms with E-state index in [1.54, 1.807) is 18.2 Å². The summed E-state index contributed by atoms with van der Waals surface area (Å²) in [6, 6.07) is 5.01. The second kappa shape index (κ2) is 7.74. The molecule has 7 nitrogen and oxygen atoms in total. The first-order valence-electron chi connectivity index (χ1n) is 7.90. The van der Waals surface area contributed by atoms with E-state index in [9.17, 15) is 19.2 Å². The SMILES string of the molecule is C=CCNC(=O)C(C)OC(=O)CCN1C(=O)c2ccc(C)cc2C1=O. The molecule has 1 heterocycles. The predicted molar refractivity (Wildman–Crippen MR) is 89.9 cm³/mol. The zero-order chi connectivity index (χ0) is 18.6. The van der Waals surface area contributed by atoms with Crippen LogP contribution in [-0.4, -0.2) is 47.8 Å². The predicted octanol–water partition coefficient (Wildman–Crippen LogP) is 1.22. The van der Waals surface area contributed by atoms with Crippen LogP contribution in [0.2, 0.25) is 0 Å². The van der Waals surface area contributed by atoms with Crippen LogP contribution >= 0.6 is 0 Å². The molecule has 0 aliphatic carbocycles. The first-order valence-corrected chi connectivity index (χ1v) is 7.90. The van der Waals surface area contributed by atoms with Gasteiger partial charge in [0.05, 0.1) is 17.5 Å². The van der Waals surface area contributed by atoms with Crippen LogP contribution in [0.3, 0.4) is 0 Å². The maximum atomic E-state index is 12.3. The highest BCUT2D eigenvalue weighted by atomic mass is 16.5. The third-order valence-corrected chi connectivity index (χ3v) is 3.76. The van der Waals surface area contributed by atoms with Crippen molar-refractivity contribution >= 4 is 23.7 Å². The fraction of sp³-hybridized carbons (Fsp3) is 0.333. The fourth-order valence-electron chi connectivity index (χ4n) is 2.44. The Bertz CT molecular complexity index is 741. The number of amides is 3. The highest BCUT2D eigenvalue weighted by molar-refractivity contribution is 6.21. The topological polar surface area (TPSA) is 92.8 Å². The number of benzene rings is 1. The molecular weight excluding hydrogens is 324 g/mol. The highest BCUT2D eigenvalue weighted by Gasteiger charge is 2.35. The zero-order valence-electron chi connectivity index (χ0n) is 14.2. The van der Waals surface area contributed by atoms with Crippen molar-refractivity contribution in [2.24, 2.45) is 0 Å². The maximum absolute atomic E-state index is 12.3. The van der Waals surface area contributed by atoms with Gasteiger partial charge in [-0.15, -0.1) is 6.58 Å². The Kier molecular flexibility index (Phi) is 5.69. The lowest BCUT2D eigenvalue weighted by Crippen LogP contribution is -2.37. The van der Waals surface area contributed by atoms with Crippen molar-refractivity contribution in [3.63, 3.8) is 0 Å². The van der Waals surface area contributed by atoms with E-state index < -0.39 is 29.8 Å². The minimum Gasteiger partial charge on any atom is -0.452 e. The van der Waals surface area contributed by atoms with E-state index in [0.29, 0.717) is 11.1 Å². The second-order valence-electron chi connectivity index (χ2n) is 5.73. The van der Waals surface area contributed by atoms with Crippen LogP contribution in [-0.2, 0) is 14.3 Å². The molecule has 132 valence electrons. The van der Waals surface area contributed by atoms with E-state index in [4.69, 9.17) is 4.74 Å². The van der Waals surface area contributed by atoms with Gasteiger partial charge in [-0.3, -0.25) is 24.1 Å². The Morgan fingerprint density at radius 2 is 1.96 bits per heavy atom. The van der Waals surface area contributed by atoms with Crippen molar-refractivity contribution in [1.29, 1.82) is 0 Å². The fourth-order valence-corrected chi connectivity index (χ4v) is 2.44. The molecule has 0 aromatic heterocycles. The van der Waals surface area contributed by atoms with Crippen molar-refractivity contribution in [3.05, 3.63) is 47.5 Å². The Morgan fingerprint density at radius 3 is 2.64 bits per heavy atom. The number of hydrogen-bond acceptors (Lipinski definition) is 5. The van der Waals surface area contributed by atoms with E-state index in [0.717, 1.165) is 10.5 Å². The molecule has 1 unspecified atom stereocenters. The van der Waals surface area contributed by atoms with Crippen molar-refractivity contribution in [2.45, 2.75) is 26.4 Å². The molecule has 0 saturated heterocycles. The molecule has 1 aliphatic heterocycles. The summed E-state index contributed by atoms with van der Waals surface area (Å²) in [6.07, 6.45) is 0.372. The Labute approximate surface area is 145 Å². The van der Waals surface area contributed by atoms with Crippen LogP contribution in [0, 0.1) is 6.92 Å². The van der Waals surface area contributed by atoms with Gasteiger partial charge < -0.3 is 10.1 Å². The lowest BCUT2D eigenvalue weighted by atomic mass is 10.1. The smallest absolute Gasteiger partial charge is 0.308 e. The van der Waals surface area contributed by atoms with Crippen LogP contribution < -0.4 is 5.32 Å². The van der Waals surface area contributed by atoms with Gasteiger partial charge in [0, 0.05) is 13.1 Å². The molecule has 1 aromatic rings. The average molecular weight is 344 g/mol. The second-order valence-corrected chi connectivity index (χ2v) is 5.73. The number of rotatable bonds is 7. The number of carbonyl (C=O) groups is 4. The number of ether oxygens (including phenoxy) is 1. The first kappa shape index (κ1) is 18.4. The number of imide groups is 1. The number of nitrogens with zero attached hydrogens (tertiary/aromatic N) is 1. The van der Waals surface area contributed by atoms with Crippen LogP contribution in [0.4, 0.5) is 0 Å². The van der Waals surface area contributed by atoms with Crippen molar-refractivity contribution in [3.8, 4) is 0 Å². The molecule has 0 bridgehead atoms. The van der Waals surface area contributed by atoms with Gasteiger partial charge in [-0.1, -0.05) is 17.7 Å². The van der Waals surface area contributed by atoms with Crippen molar-refractivity contribution < 1.29 is 23.9 Å². The molecule has 7 heteroatoms. The lowest BCUT2D eigenvalue weighted by Gasteiger charge is -2.15. The summed E-state index contributed by atoms with van der Waals surface area (Å²) in [5, 5.41) is 2.51. The van der Waals surface area contributed by atoms with Gasteiger partial charge in [0.2, 0.25) is 0 Å². The van der Waals surface area contributed by atoms with E-state index in [2.05, 4.69) is 11.9 Å². The summed E-state index contributed by atoms with van der Waals surface area (Å²) in [7, 11) is 0. The Balaban J connectivity index is 1.90. The molecule has 2 rings (SSSR count). The summed E-state index contributed by atoms with van der Waals surface area (Å²) in [4.78, 5) is 49.1. The number of hydrogen-bond donors (Lipinski definition) is 1. The van der Waals surface area contributed by atoms with Gasteiger partial charge in [0.15, 0.2) is 6.10 Å². The number of esters is 1. The monoisotopic (exact) mass is 344 g/mol. The summed E-state index contributed by atoms with van der Waals surface area (Å²) in [5.74, 6) is -1.95. The summed E-state index contributed by atoms with van der Waals surface area (Å²) in [5.41, 5.74) is 1.55. The number of nitrogens with one attached hydrogen (secondary N) is 1. The van der Waals surface area contributed by atoms with Gasteiger partial charge in [0.25, 0.3) is 17.7 Å². The normalized spacial score (nSPS) is 14.1. The maximum Gasteiger partial charge on any atom is 0.308 e. The van der Waals surface area contributed by atoms with E-state index >= 15 is 0 Å². The number of fused-ring (bicyclic) bond motifs is 1. The molecular formula is C18H20N2O5. The zero-order valence-corrected chi connectivity index (χ0v) is 14.2. The number of aryl methyl sites for hydroxylation is 1. The largest absolute Gasteiger partial charge is 0.452 e. The molecule has 0 saturated carbocycles. The molecule has 25 heavy (non-hydrogen) atoms. The summed E-state index contributed by atoms with van der Waals surface area (Å²) in [6.45, 7) is 6.93. The van der Waals surface area contributed by atoms with Crippen LogP contribution in [0.25, 0.3) is 0 Å². The van der Waals surface area contributed by atoms with Crippen LogP contribution in [0.5, 0.6) is 0 Å².